The van der Waals surface area contributed by atoms with Gasteiger partial charge in [0.05, 0.1) is 7.11 Å². The predicted octanol–water partition coefficient (Wildman–Crippen LogP) is 0.436. The molecule has 1 atom stereocenters. The lowest BCUT2D eigenvalue weighted by atomic mass is 10.00. The fraction of sp³-hybridized carbons (Fsp3) is 0.636. The van der Waals surface area contributed by atoms with E-state index >= 15 is 0 Å². The molecule has 0 saturated carbocycles. The van der Waals surface area contributed by atoms with Crippen LogP contribution in [0, 0.1) is 0 Å². The highest BCUT2D eigenvalue weighted by Gasteiger charge is 2.44. The van der Waals surface area contributed by atoms with Gasteiger partial charge >= 0.3 is 5.97 Å². The first kappa shape index (κ1) is 12.5. The van der Waals surface area contributed by atoms with Crippen LogP contribution in [0.5, 0.6) is 0 Å². The number of nitrogens with zero attached hydrogens (tertiary/aromatic N) is 2. The average Bonchev–Trinajstić information content (AvgIpc) is 2.92. The summed E-state index contributed by atoms with van der Waals surface area (Å²) in [7, 11) is 1.43. The maximum Gasteiger partial charge on any atom is 0.333 e. The lowest BCUT2D eigenvalue weighted by Gasteiger charge is -2.39. The third-order valence-electron chi connectivity index (χ3n) is 3.18. The number of methoxy groups -OCH3 is 1. The number of rotatable bonds is 3. The molecule has 5 nitrogen and oxygen atoms in total. The Labute approximate surface area is 105 Å². The van der Waals surface area contributed by atoms with Gasteiger partial charge < -0.3 is 10.1 Å². The number of carbonyl (C=O) groups is 1. The Hall–Kier alpha value is -0.980. The topological polar surface area (TPSA) is 54.5 Å². The van der Waals surface area contributed by atoms with E-state index in [0.717, 1.165) is 31.2 Å². The second-order valence-electron chi connectivity index (χ2n) is 4.14. The standard InChI is InChI=1S/C11H17N3O2S/c1-11(10(15)16-2,9-13-5-8-17-9)14-6-3-12-4-7-14/h5,8,12H,3-4,6-7H2,1-2H3. The van der Waals surface area contributed by atoms with Crippen molar-refractivity contribution in [1.82, 2.24) is 15.2 Å². The van der Waals surface area contributed by atoms with E-state index in [4.69, 9.17) is 4.74 Å². The van der Waals surface area contributed by atoms with Crippen LogP contribution >= 0.6 is 11.3 Å². The summed E-state index contributed by atoms with van der Waals surface area (Å²) < 4.78 is 4.96. The Morgan fingerprint density at radius 1 is 1.59 bits per heavy atom. The van der Waals surface area contributed by atoms with E-state index in [0.29, 0.717) is 0 Å². The zero-order chi connectivity index (χ0) is 12.3. The molecule has 1 N–H and O–H groups in total. The van der Waals surface area contributed by atoms with Gasteiger partial charge in [-0.25, -0.2) is 9.78 Å². The number of aromatic nitrogens is 1. The average molecular weight is 255 g/mol. The van der Waals surface area contributed by atoms with Gasteiger partial charge in [0, 0.05) is 37.8 Å². The first-order chi connectivity index (χ1) is 8.19. The van der Waals surface area contributed by atoms with Crippen molar-refractivity contribution in [3.63, 3.8) is 0 Å². The van der Waals surface area contributed by atoms with Crippen LogP contribution in [0.2, 0.25) is 0 Å². The number of ether oxygens (including phenoxy) is 1. The van der Waals surface area contributed by atoms with Gasteiger partial charge in [0.25, 0.3) is 0 Å². The normalized spacial score (nSPS) is 20.8. The molecule has 2 rings (SSSR count). The molecule has 17 heavy (non-hydrogen) atoms. The van der Waals surface area contributed by atoms with E-state index in [-0.39, 0.29) is 5.97 Å². The number of piperazine rings is 1. The Morgan fingerprint density at radius 2 is 2.29 bits per heavy atom. The van der Waals surface area contributed by atoms with Crippen LogP contribution in [0.1, 0.15) is 11.9 Å². The van der Waals surface area contributed by atoms with Crippen molar-refractivity contribution in [3.8, 4) is 0 Å². The lowest BCUT2D eigenvalue weighted by molar-refractivity contribution is -0.155. The number of thiazole rings is 1. The highest BCUT2D eigenvalue weighted by molar-refractivity contribution is 7.09. The molecule has 0 aliphatic carbocycles. The van der Waals surface area contributed by atoms with Gasteiger partial charge in [0.2, 0.25) is 0 Å². The molecule has 1 aliphatic rings. The third-order valence-corrected chi connectivity index (χ3v) is 4.17. The summed E-state index contributed by atoms with van der Waals surface area (Å²) in [4.78, 5) is 18.5. The van der Waals surface area contributed by atoms with Gasteiger partial charge in [0.1, 0.15) is 5.01 Å². The molecule has 1 fully saturated rings. The van der Waals surface area contributed by atoms with Gasteiger partial charge in [0.15, 0.2) is 5.54 Å². The molecule has 1 saturated heterocycles. The van der Waals surface area contributed by atoms with Gasteiger partial charge in [-0.05, 0) is 6.92 Å². The number of nitrogens with one attached hydrogen (secondary N) is 1. The predicted molar refractivity (Wildman–Crippen MR) is 65.9 cm³/mol. The van der Waals surface area contributed by atoms with Crippen molar-refractivity contribution in [2.24, 2.45) is 0 Å². The van der Waals surface area contributed by atoms with Gasteiger partial charge in [-0.15, -0.1) is 11.3 Å². The summed E-state index contributed by atoms with van der Waals surface area (Å²) in [6.45, 7) is 5.31. The highest BCUT2D eigenvalue weighted by atomic mass is 32.1. The van der Waals surface area contributed by atoms with Crippen LogP contribution in [0.25, 0.3) is 0 Å². The van der Waals surface area contributed by atoms with Crippen LogP contribution < -0.4 is 5.32 Å². The summed E-state index contributed by atoms with van der Waals surface area (Å²) >= 11 is 1.49. The molecule has 1 unspecified atom stereocenters. The van der Waals surface area contributed by atoms with E-state index in [9.17, 15) is 4.79 Å². The molecule has 0 aromatic carbocycles. The molecule has 1 aliphatic heterocycles. The van der Waals surface area contributed by atoms with Crippen molar-refractivity contribution in [3.05, 3.63) is 16.6 Å². The largest absolute Gasteiger partial charge is 0.467 e. The van der Waals surface area contributed by atoms with E-state index in [1.54, 1.807) is 6.20 Å². The Kier molecular flexibility index (Phi) is 3.76. The summed E-state index contributed by atoms with van der Waals surface area (Å²) in [6, 6.07) is 0. The molecule has 94 valence electrons. The monoisotopic (exact) mass is 255 g/mol. The summed E-state index contributed by atoms with van der Waals surface area (Å²) in [5.74, 6) is -0.241. The molecule has 1 aromatic rings. The lowest BCUT2D eigenvalue weighted by Crippen LogP contribution is -2.57. The SMILES string of the molecule is COC(=O)C(C)(c1nccs1)N1CCNCC1. The van der Waals surface area contributed by atoms with Gasteiger partial charge in [-0.2, -0.15) is 0 Å². The van der Waals surface area contributed by atoms with Crippen LogP contribution in [-0.2, 0) is 15.1 Å². The van der Waals surface area contributed by atoms with Crippen molar-refractivity contribution < 1.29 is 9.53 Å². The first-order valence-corrected chi connectivity index (χ1v) is 6.51. The van der Waals surface area contributed by atoms with Crippen molar-refractivity contribution in [2.45, 2.75) is 12.5 Å². The summed E-state index contributed by atoms with van der Waals surface area (Å²) in [5.41, 5.74) is -0.759. The van der Waals surface area contributed by atoms with Gasteiger partial charge in [-0.1, -0.05) is 0 Å². The molecule has 0 spiro atoms. The van der Waals surface area contributed by atoms with Crippen LogP contribution in [0.4, 0.5) is 0 Å². The second-order valence-corrected chi connectivity index (χ2v) is 5.03. The molecule has 2 heterocycles. The minimum Gasteiger partial charge on any atom is -0.467 e. The second kappa shape index (κ2) is 5.12. The van der Waals surface area contributed by atoms with Crippen molar-refractivity contribution in [2.75, 3.05) is 33.3 Å². The Bertz CT molecular complexity index is 376. The number of esters is 1. The number of carbonyl (C=O) groups excluding carboxylic acids is 1. The quantitative estimate of drug-likeness (QED) is 0.794. The zero-order valence-corrected chi connectivity index (χ0v) is 10.9. The Balaban J connectivity index is 2.32. The minimum absolute atomic E-state index is 0.241. The molecule has 0 bridgehead atoms. The zero-order valence-electron chi connectivity index (χ0n) is 10.1. The number of hydrogen-bond donors (Lipinski definition) is 1. The number of hydrogen-bond acceptors (Lipinski definition) is 6. The van der Waals surface area contributed by atoms with Crippen LogP contribution in [0.3, 0.4) is 0 Å². The Morgan fingerprint density at radius 3 is 2.82 bits per heavy atom. The summed E-state index contributed by atoms with van der Waals surface area (Å²) in [6.07, 6.45) is 1.73. The molecule has 0 radical (unpaired) electrons. The smallest absolute Gasteiger partial charge is 0.333 e. The van der Waals surface area contributed by atoms with Crippen LogP contribution in [0.15, 0.2) is 11.6 Å². The van der Waals surface area contributed by atoms with Crippen molar-refractivity contribution >= 4 is 17.3 Å². The molecular weight excluding hydrogens is 238 g/mol. The van der Waals surface area contributed by atoms with E-state index in [1.165, 1.54) is 18.4 Å². The minimum atomic E-state index is -0.759. The van der Waals surface area contributed by atoms with Crippen LogP contribution in [-0.4, -0.2) is 49.1 Å². The fourth-order valence-electron chi connectivity index (χ4n) is 2.13. The molecule has 6 heteroatoms. The van der Waals surface area contributed by atoms with E-state index in [2.05, 4.69) is 15.2 Å². The maximum atomic E-state index is 12.1. The fourth-order valence-corrected chi connectivity index (χ4v) is 2.94. The highest BCUT2D eigenvalue weighted by Crippen LogP contribution is 2.31. The third kappa shape index (κ3) is 2.20. The van der Waals surface area contributed by atoms with E-state index in [1.807, 2.05) is 12.3 Å². The van der Waals surface area contributed by atoms with E-state index < -0.39 is 5.54 Å². The van der Waals surface area contributed by atoms with Crippen molar-refractivity contribution in [1.29, 1.82) is 0 Å². The molecule has 0 amide bonds. The molecular formula is C11H17N3O2S. The maximum absolute atomic E-state index is 12.1. The van der Waals surface area contributed by atoms with Gasteiger partial charge in [-0.3, -0.25) is 4.90 Å². The summed E-state index contributed by atoms with van der Waals surface area (Å²) in [5, 5.41) is 5.96. The first-order valence-electron chi connectivity index (χ1n) is 5.63. The molecule has 1 aromatic heterocycles.